The van der Waals surface area contributed by atoms with Gasteiger partial charge >= 0.3 is 6.03 Å². The zero-order chi connectivity index (χ0) is 36.2. The molecule has 5 N–H and O–H groups in total. The molecule has 3 rings (SSSR count). The highest BCUT2D eigenvalue weighted by molar-refractivity contribution is 7.90. The number of carbonyl (C=O) groups excluding carboxylic acids is 5. The first-order valence-corrected chi connectivity index (χ1v) is 18.0. The SMILES string of the molecule is CN(C[C@@H](NC(=O)N[C@H](C(=O)N1C[C@H]2[C@@H]([C@H]1C(=O)NC(CC1CC1)C(=O)C(N)=O)C2(C)C)C(C)(C)C)C(C)(C)C)S(=O)(=O)C(C)(C)C. The Bertz CT molecular complexity index is 1370. The van der Waals surface area contributed by atoms with Crippen molar-refractivity contribution >= 4 is 39.6 Å². The second-order valence-corrected chi connectivity index (χ2v) is 20.4. The maximum absolute atomic E-state index is 14.3. The number of rotatable bonds is 12. The molecule has 6 atom stereocenters. The molecule has 2 aliphatic carbocycles. The first kappa shape index (κ1) is 38.7. The molecule has 1 aliphatic heterocycles. The van der Waals surface area contributed by atoms with Gasteiger partial charge in [0.25, 0.3) is 5.91 Å². The third-order valence-corrected chi connectivity index (χ3v) is 12.8. The monoisotopic (exact) mass is 682 g/mol. The van der Waals surface area contributed by atoms with Crippen molar-refractivity contribution in [1.82, 2.24) is 25.2 Å². The number of carbonyl (C=O) groups is 5. The highest BCUT2D eigenvalue weighted by atomic mass is 32.2. The number of likely N-dealkylation sites (tertiary alicyclic amines) is 1. The van der Waals surface area contributed by atoms with Crippen molar-refractivity contribution in [1.29, 1.82) is 0 Å². The minimum Gasteiger partial charge on any atom is -0.363 e. The topological polar surface area (TPSA) is 188 Å². The summed E-state index contributed by atoms with van der Waals surface area (Å²) in [5.74, 6) is -2.78. The quantitative estimate of drug-likeness (QED) is 0.227. The number of piperidine rings is 1. The van der Waals surface area contributed by atoms with Crippen LogP contribution in [-0.2, 0) is 29.2 Å². The van der Waals surface area contributed by atoms with E-state index in [0.717, 1.165) is 12.8 Å². The van der Waals surface area contributed by atoms with Gasteiger partial charge in [-0.05, 0) is 61.2 Å². The smallest absolute Gasteiger partial charge is 0.315 e. The van der Waals surface area contributed by atoms with Gasteiger partial charge in [-0.1, -0.05) is 68.2 Å². The Kier molecular flexibility index (Phi) is 10.7. The number of hydrogen-bond acceptors (Lipinski definition) is 7. The summed E-state index contributed by atoms with van der Waals surface area (Å²) in [5, 5.41) is 8.51. The fourth-order valence-corrected chi connectivity index (χ4v) is 7.95. The van der Waals surface area contributed by atoms with E-state index in [0.29, 0.717) is 13.0 Å². The molecule has 0 aromatic heterocycles. The van der Waals surface area contributed by atoms with Crippen molar-refractivity contribution in [3.05, 3.63) is 0 Å². The number of fused-ring (bicyclic) bond motifs is 1. The number of likely N-dealkylation sites (N-methyl/N-ethyl adjacent to an activating group) is 1. The lowest BCUT2D eigenvalue weighted by atomic mass is 9.85. The van der Waals surface area contributed by atoms with E-state index in [4.69, 9.17) is 5.73 Å². The van der Waals surface area contributed by atoms with Gasteiger partial charge in [0, 0.05) is 26.2 Å². The number of nitrogens with one attached hydrogen (secondary N) is 3. The van der Waals surface area contributed by atoms with E-state index in [2.05, 4.69) is 16.0 Å². The summed E-state index contributed by atoms with van der Waals surface area (Å²) in [6.45, 7) is 20.4. The molecular formula is C33H58N6O7S. The molecule has 3 aliphatic rings. The number of nitrogens with zero attached hydrogens (tertiary/aromatic N) is 2. The van der Waals surface area contributed by atoms with E-state index in [-0.39, 0.29) is 29.7 Å². The molecule has 1 unspecified atom stereocenters. The molecule has 0 radical (unpaired) electrons. The average Bonchev–Trinajstić information content (AvgIpc) is 3.75. The van der Waals surface area contributed by atoms with Crippen molar-refractivity contribution in [2.75, 3.05) is 20.1 Å². The van der Waals surface area contributed by atoms with Gasteiger partial charge < -0.3 is 26.6 Å². The number of amides is 5. The second-order valence-electron chi connectivity index (χ2n) is 17.6. The van der Waals surface area contributed by atoms with Gasteiger partial charge in [-0.25, -0.2) is 17.5 Å². The van der Waals surface area contributed by atoms with Crippen molar-refractivity contribution in [2.45, 2.75) is 124 Å². The molecule has 0 aromatic carbocycles. The highest BCUT2D eigenvalue weighted by Crippen LogP contribution is 2.65. The average molecular weight is 683 g/mol. The molecule has 0 spiro atoms. The fraction of sp³-hybridized carbons (Fsp3) is 0.848. The van der Waals surface area contributed by atoms with Gasteiger partial charge in [-0.3, -0.25) is 19.2 Å². The number of primary amides is 1. The van der Waals surface area contributed by atoms with Gasteiger partial charge in [0.2, 0.25) is 27.6 Å². The molecule has 1 saturated heterocycles. The Morgan fingerprint density at radius 3 is 1.91 bits per heavy atom. The van der Waals surface area contributed by atoms with Crippen molar-refractivity contribution < 1.29 is 32.4 Å². The summed E-state index contributed by atoms with van der Waals surface area (Å²) in [7, 11) is -2.19. The van der Waals surface area contributed by atoms with Gasteiger partial charge in [-0.15, -0.1) is 0 Å². The molecular weight excluding hydrogens is 624 g/mol. The van der Waals surface area contributed by atoms with E-state index in [1.165, 1.54) is 16.3 Å². The summed E-state index contributed by atoms with van der Waals surface area (Å²) < 4.78 is 26.4. The van der Waals surface area contributed by atoms with Crippen LogP contribution in [0.4, 0.5) is 4.79 Å². The van der Waals surface area contributed by atoms with Crippen LogP contribution in [-0.4, -0.2) is 96.2 Å². The van der Waals surface area contributed by atoms with E-state index in [9.17, 15) is 32.4 Å². The summed E-state index contributed by atoms with van der Waals surface area (Å²) in [6.07, 6.45) is 2.13. The molecule has 0 bridgehead atoms. The summed E-state index contributed by atoms with van der Waals surface area (Å²) >= 11 is 0. The van der Waals surface area contributed by atoms with Crippen LogP contribution < -0.4 is 21.7 Å². The molecule has 47 heavy (non-hydrogen) atoms. The Morgan fingerprint density at radius 2 is 1.47 bits per heavy atom. The van der Waals surface area contributed by atoms with E-state index >= 15 is 0 Å². The molecule has 2 saturated carbocycles. The molecule has 5 amide bonds. The third kappa shape index (κ3) is 8.47. The standard InChI is InChI=1S/C33H58N6O7S/c1-30(2,3)21(17-38(12)47(45,46)32(7,8)9)36-29(44)37-25(31(4,5)6)28(43)39-16-19-22(33(19,10)11)23(39)27(42)35-20(15-18-13-14-18)24(40)26(34)41/h18-23,25H,13-17H2,1-12H3,(H2,34,41)(H,35,42)(H2,36,37,44)/t19-,20?,21+,22-,23-,25+/m0/s1. The maximum atomic E-state index is 14.3. The van der Waals surface area contributed by atoms with Crippen LogP contribution in [0.3, 0.4) is 0 Å². The first-order chi connectivity index (χ1) is 21.1. The van der Waals surface area contributed by atoms with Crippen LogP contribution in [0.25, 0.3) is 0 Å². The van der Waals surface area contributed by atoms with E-state index in [1.54, 1.807) is 20.8 Å². The second kappa shape index (κ2) is 12.9. The summed E-state index contributed by atoms with van der Waals surface area (Å²) in [4.78, 5) is 67.6. The molecule has 1 heterocycles. The summed E-state index contributed by atoms with van der Waals surface area (Å²) in [5.41, 5.74) is 3.78. The lowest BCUT2D eigenvalue weighted by Gasteiger charge is -2.39. The molecule has 0 aromatic rings. The van der Waals surface area contributed by atoms with Gasteiger partial charge in [-0.2, -0.15) is 0 Å². The van der Waals surface area contributed by atoms with Crippen LogP contribution in [0, 0.1) is 34.0 Å². The predicted molar refractivity (Wildman–Crippen MR) is 179 cm³/mol. The van der Waals surface area contributed by atoms with E-state index in [1.807, 2.05) is 55.4 Å². The zero-order valence-electron chi connectivity index (χ0n) is 30.3. The van der Waals surface area contributed by atoms with Crippen molar-refractivity contribution in [3.8, 4) is 0 Å². The number of nitrogens with two attached hydrogens (primary N) is 1. The van der Waals surface area contributed by atoms with Gasteiger partial charge in [0.1, 0.15) is 12.1 Å². The Labute approximate surface area is 280 Å². The zero-order valence-corrected chi connectivity index (χ0v) is 31.1. The maximum Gasteiger partial charge on any atom is 0.315 e. The predicted octanol–water partition coefficient (Wildman–Crippen LogP) is 2.00. The number of Topliss-reactive ketones (excluding diaryl/α,β-unsaturated/α-hetero) is 1. The fourth-order valence-electron chi connectivity index (χ4n) is 6.66. The number of hydrogen-bond donors (Lipinski definition) is 4. The minimum atomic E-state index is -3.67. The van der Waals surface area contributed by atoms with Crippen LogP contribution >= 0.6 is 0 Å². The van der Waals surface area contributed by atoms with Crippen LogP contribution in [0.5, 0.6) is 0 Å². The van der Waals surface area contributed by atoms with Crippen LogP contribution in [0.2, 0.25) is 0 Å². The first-order valence-electron chi connectivity index (χ1n) is 16.6. The highest BCUT2D eigenvalue weighted by Gasteiger charge is 2.70. The Morgan fingerprint density at radius 1 is 0.915 bits per heavy atom. The Hall–Kier alpha value is -2.74. The number of sulfonamides is 1. The van der Waals surface area contributed by atoms with Gasteiger partial charge in [0.05, 0.1) is 10.8 Å². The molecule has 13 nitrogen and oxygen atoms in total. The van der Waals surface area contributed by atoms with Gasteiger partial charge in [0.15, 0.2) is 0 Å². The molecule has 3 fully saturated rings. The normalized spacial score (nSPS) is 24.5. The van der Waals surface area contributed by atoms with Crippen molar-refractivity contribution in [3.63, 3.8) is 0 Å². The third-order valence-electron chi connectivity index (χ3n) is 10.3. The van der Waals surface area contributed by atoms with E-state index < -0.39 is 79.3 Å². The number of ketones is 1. The van der Waals surface area contributed by atoms with Crippen LogP contribution in [0.15, 0.2) is 0 Å². The lowest BCUT2D eigenvalue weighted by Crippen LogP contribution is -2.63. The largest absolute Gasteiger partial charge is 0.363 e. The minimum absolute atomic E-state index is 0.0174. The molecule has 14 heteroatoms. The number of urea groups is 1. The Balaban J connectivity index is 1.83. The molecule has 268 valence electrons. The van der Waals surface area contributed by atoms with Crippen LogP contribution in [0.1, 0.15) is 95.4 Å². The summed E-state index contributed by atoms with van der Waals surface area (Å²) in [6, 6.07) is -4.22. The lowest BCUT2D eigenvalue weighted by molar-refractivity contribution is -0.145. The van der Waals surface area contributed by atoms with Crippen molar-refractivity contribution in [2.24, 2.45) is 39.7 Å².